The second kappa shape index (κ2) is 10.5. The molecule has 4 aromatic carbocycles. The molecule has 0 N–H and O–H groups in total. The van der Waals surface area contributed by atoms with Crippen LogP contribution in [0.2, 0.25) is 0 Å². The van der Waals surface area contributed by atoms with Gasteiger partial charge in [-0.2, -0.15) is 5.10 Å². The SMILES string of the molecule is CN(C)c1ccc(C2=NN(c3ccc(-c4nc5ccccc5s4)cc3Br)C(c3ccc(N(C)C)cc3)C2)cc1. The van der Waals surface area contributed by atoms with Gasteiger partial charge in [-0.25, -0.2) is 4.98 Å². The number of hydrazone groups is 1. The molecule has 1 aliphatic rings. The van der Waals surface area contributed by atoms with Gasteiger partial charge in [-0.15, -0.1) is 11.3 Å². The maximum absolute atomic E-state index is 5.20. The summed E-state index contributed by atoms with van der Waals surface area (Å²) in [5.41, 5.74) is 9.02. The summed E-state index contributed by atoms with van der Waals surface area (Å²) < 4.78 is 2.20. The van der Waals surface area contributed by atoms with E-state index in [9.17, 15) is 0 Å². The zero-order valence-corrected chi connectivity index (χ0v) is 24.9. The van der Waals surface area contributed by atoms with Crippen molar-refractivity contribution in [2.75, 3.05) is 43.0 Å². The minimum absolute atomic E-state index is 0.0920. The molecule has 5 aromatic rings. The molecule has 5 nitrogen and oxygen atoms in total. The van der Waals surface area contributed by atoms with Gasteiger partial charge in [0.15, 0.2) is 0 Å². The van der Waals surface area contributed by atoms with Crippen LogP contribution in [0.3, 0.4) is 0 Å². The molecule has 0 aliphatic carbocycles. The van der Waals surface area contributed by atoms with Crippen LogP contribution in [0.1, 0.15) is 23.6 Å². The van der Waals surface area contributed by atoms with Crippen LogP contribution < -0.4 is 14.8 Å². The van der Waals surface area contributed by atoms with Gasteiger partial charge in [-0.05, 0) is 81.7 Å². The fraction of sp³-hybridized carbons (Fsp3) is 0.188. The molecule has 2 heterocycles. The number of thiazole rings is 1. The van der Waals surface area contributed by atoms with Crippen LogP contribution in [0.4, 0.5) is 17.1 Å². The predicted molar refractivity (Wildman–Crippen MR) is 171 cm³/mol. The highest BCUT2D eigenvalue weighted by atomic mass is 79.9. The Morgan fingerprint density at radius 1 is 0.795 bits per heavy atom. The molecule has 6 rings (SSSR count). The van der Waals surface area contributed by atoms with Crippen LogP contribution in [0, 0.1) is 0 Å². The van der Waals surface area contributed by atoms with E-state index in [-0.39, 0.29) is 6.04 Å². The fourth-order valence-electron chi connectivity index (χ4n) is 4.93. The van der Waals surface area contributed by atoms with E-state index >= 15 is 0 Å². The number of benzene rings is 4. The first-order chi connectivity index (χ1) is 18.9. The third kappa shape index (κ3) is 5.04. The van der Waals surface area contributed by atoms with Crippen LogP contribution in [0.25, 0.3) is 20.8 Å². The number of halogens is 1. The number of rotatable bonds is 6. The number of anilines is 3. The van der Waals surface area contributed by atoms with Gasteiger partial charge in [0.05, 0.1) is 27.7 Å². The lowest BCUT2D eigenvalue weighted by molar-refractivity contribution is 0.707. The van der Waals surface area contributed by atoms with Gasteiger partial charge in [-0.1, -0.05) is 36.4 Å². The first kappa shape index (κ1) is 25.6. The molecule has 1 aliphatic heterocycles. The molecule has 0 saturated heterocycles. The molecule has 1 aromatic heterocycles. The van der Waals surface area contributed by atoms with E-state index in [1.165, 1.54) is 21.6 Å². The largest absolute Gasteiger partial charge is 0.378 e. The van der Waals surface area contributed by atoms with Crippen molar-refractivity contribution >= 4 is 60.3 Å². The quantitative estimate of drug-likeness (QED) is 0.198. The van der Waals surface area contributed by atoms with Gasteiger partial charge in [0.2, 0.25) is 0 Å². The lowest BCUT2D eigenvalue weighted by Gasteiger charge is -2.26. The molecule has 0 radical (unpaired) electrons. The Morgan fingerprint density at radius 2 is 1.44 bits per heavy atom. The molecule has 39 heavy (non-hydrogen) atoms. The minimum Gasteiger partial charge on any atom is -0.378 e. The van der Waals surface area contributed by atoms with E-state index in [1.807, 2.05) is 6.07 Å². The molecule has 7 heteroatoms. The maximum Gasteiger partial charge on any atom is 0.124 e. The van der Waals surface area contributed by atoms with Crippen molar-refractivity contribution in [3.05, 3.63) is 107 Å². The molecule has 0 bridgehead atoms. The summed E-state index contributed by atoms with van der Waals surface area (Å²) in [4.78, 5) is 9.10. The van der Waals surface area contributed by atoms with Gasteiger partial charge < -0.3 is 9.80 Å². The zero-order valence-electron chi connectivity index (χ0n) is 22.5. The molecular formula is C32H30BrN5S. The van der Waals surface area contributed by atoms with E-state index in [1.54, 1.807) is 11.3 Å². The molecule has 0 saturated carbocycles. The van der Waals surface area contributed by atoms with Crippen LogP contribution in [-0.4, -0.2) is 38.9 Å². The predicted octanol–water partition coefficient (Wildman–Crippen LogP) is 8.21. The van der Waals surface area contributed by atoms with E-state index in [0.717, 1.165) is 43.9 Å². The van der Waals surface area contributed by atoms with Crippen LogP contribution in [0.5, 0.6) is 0 Å². The van der Waals surface area contributed by atoms with Crippen molar-refractivity contribution in [1.82, 2.24) is 4.98 Å². The topological polar surface area (TPSA) is 35.0 Å². The van der Waals surface area contributed by atoms with Gasteiger partial charge in [-0.3, -0.25) is 5.01 Å². The minimum atomic E-state index is 0.0920. The summed E-state index contributed by atoms with van der Waals surface area (Å²) in [5.74, 6) is 0. The highest BCUT2D eigenvalue weighted by molar-refractivity contribution is 9.10. The Labute approximate surface area is 242 Å². The summed E-state index contributed by atoms with van der Waals surface area (Å²) >= 11 is 5.60. The fourth-order valence-corrected chi connectivity index (χ4v) is 6.46. The smallest absolute Gasteiger partial charge is 0.124 e. The second-order valence-electron chi connectivity index (χ2n) is 10.2. The Balaban J connectivity index is 1.38. The molecule has 0 fully saturated rings. The second-order valence-corrected chi connectivity index (χ2v) is 12.1. The van der Waals surface area contributed by atoms with Crippen molar-refractivity contribution in [3.63, 3.8) is 0 Å². The van der Waals surface area contributed by atoms with Crippen molar-refractivity contribution in [2.45, 2.75) is 12.5 Å². The van der Waals surface area contributed by atoms with E-state index < -0.39 is 0 Å². The molecule has 0 amide bonds. The Hall–Kier alpha value is -3.68. The zero-order chi connectivity index (χ0) is 27.1. The first-order valence-corrected chi connectivity index (χ1v) is 14.6. The van der Waals surface area contributed by atoms with Gasteiger partial charge in [0, 0.05) is 56.0 Å². The van der Waals surface area contributed by atoms with Crippen LogP contribution >= 0.6 is 27.3 Å². The van der Waals surface area contributed by atoms with Gasteiger partial charge in [0.25, 0.3) is 0 Å². The highest BCUT2D eigenvalue weighted by Gasteiger charge is 2.31. The number of para-hydroxylation sites is 1. The summed E-state index contributed by atoms with van der Waals surface area (Å²) in [5, 5.41) is 8.39. The standard InChI is InChI=1S/C32H30BrN5S/c1-36(2)24-14-9-21(10-15-24)28-20-30(22-11-16-25(17-12-22)37(3)4)38(35-28)29-18-13-23(19-26(29)33)32-34-27-7-5-6-8-31(27)39-32/h5-19,30H,20H2,1-4H3. The number of fused-ring (bicyclic) bond motifs is 1. The molecule has 196 valence electrons. The molecular weight excluding hydrogens is 566 g/mol. The molecule has 0 spiro atoms. The summed E-state index contributed by atoms with van der Waals surface area (Å²) in [6, 6.07) is 32.3. The lowest BCUT2D eigenvalue weighted by Crippen LogP contribution is -2.19. The first-order valence-electron chi connectivity index (χ1n) is 12.9. The van der Waals surface area contributed by atoms with Gasteiger partial charge in [0.1, 0.15) is 5.01 Å². The van der Waals surface area contributed by atoms with E-state index in [2.05, 4.69) is 144 Å². The van der Waals surface area contributed by atoms with Crippen molar-refractivity contribution in [2.24, 2.45) is 5.10 Å². The highest BCUT2D eigenvalue weighted by Crippen LogP contribution is 2.42. The maximum atomic E-state index is 5.20. The molecule has 1 unspecified atom stereocenters. The monoisotopic (exact) mass is 595 g/mol. The third-order valence-corrected chi connectivity index (χ3v) is 8.88. The summed E-state index contributed by atoms with van der Waals surface area (Å²) in [6.45, 7) is 0. The van der Waals surface area contributed by atoms with Crippen LogP contribution in [0.15, 0.2) is 101 Å². The van der Waals surface area contributed by atoms with Crippen LogP contribution in [-0.2, 0) is 0 Å². The molecule has 1 atom stereocenters. The van der Waals surface area contributed by atoms with Crippen molar-refractivity contribution < 1.29 is 0 Å². The Kier molecular flexibility index (Phi) is 6.87. The lowest BCUT2D eigenvalue weighted by atomic mass is 9.97. The average molecular weight is 597 g/mol. The summed E-state index contributed by atoms with van der Waals surface area (Å²) in [7, 11) is 8.26. The third-order valence-electron chi connectivity index (χ3n) is 7.16. The average Bonchev–Trinajstić information content (AvgIpc) is 3.58. The van der Waals surface area contributed by atoms with Gasteiger partial charge >= 0.3 is 0 Å². The van der Waals surface area contributed by atoms with Crippen molar-refractivity contribution in [3.8, 4) is 10.6 Å². The number of nitrogens with zero attached hydrogens (tertiary/aromatic N) is 5. The normalized spacial score (nSPS) is 15.1. The summed E-state index contributed by atoms with van der Waals surface area (Å²) in [6.07, 6.45) is 0.828. The van der Waals surface area contributed by atoms with E-state index in [0.29, 0.717) is 0 Å². The van der Waals surface area contributed by atoms with Crippen molar-refractivity contribution in [1.29, 1.82) is 0 Å². The number of aromatic nitrogens is 1. The Bertz CT molecular complexity index is 1620. The number of hydrogen-bond donors (Lipinski definition) is 0. The Morgan fingerprint density at radius 3 is 2.08 bits per heavy atom. The van der Waals surface area contributed by atoms with E-state index in [4.69, 9.17) is 10.1 Å². The number of hydrogen-bond acceptors (Lipinski definition) is 6.